The molecule has 108 valence electrons. The summed E-state index contributed by atoms with van der Waals surface area (Å²) < 4.78 is 33.0. The van der Waals surface area contributed by atoms with Gasteiger partial charge in [0.15, 0.2) is 0 Å². The summed E-state index contributed by atoms with van der Waals surface area (Å²) in [4.78, 5) is 3.93. The highest BCUT2D eigenvalue weighted by Gasteiger charge is 2.15. The molecule has 1 aromatic heterocycles. The summed E-state index contributed by atoms with van der Waals surface area (Å²) in [5, 5.41) is 3.34. The highest BCUT2D eigenvalue weighted by atomic mass is 32.2. The number of halogens is 2. The van der Waals surface area contributed by atoms with Crippen molar-refractivity contribution in [2.75, 3.05) is 6.54 Å². The molecule has 0 spiro atoms. The minimum atomic E-state index is -0.598. The molecule has 1 heterocycles. The molecule has 0 aliphatic heterocycles. The molecule has 1 N–H and O–H groups in total. The lowest BCUT2D eigenvalue weighted by Crippen LogP contribution is -2.14. The summed E-state index contributed by atoms with van der Waals surface area (Å²) in [5.74, 6) is -1.20. The van der Waals surface area contributed by atoms with Gasteiger partial charge in [-0.2, -0.15) is 0 Å². The molecule has 0 saturated heterocycles. The highest BCUT2D eigenvalue weighted by molar-refractivity contribution is 7.99. The Bertz CT molecular complexity index is 563. The third-order valence-corrected chi connectivity index (χ3v) is 3.56. The molecule has 1 aromatic carbocycles. The van der Waals surface area contributed by atoms with E-state index in [1.54, 1.807) is 6.92 Å². The van der Waals surface area contributed by atoms with Gasteiger partial charge in [0.1, 0.15) is 17.9 Å². The number of rotatable bonds is 6. The molecular weight excluding hydrogens is 282 g/mol. The number of hydrogen-bond donors (Lipinski definition) is 1. The van der Waals surface area contributed by atoms with Gasteiger partial charge in [-0.25, -0.2) is 13.8 Å². The van der Waals surface area contributed by atoms with Crippen molar-refractivity contribution in [2.24, 2.45) is 0 Å². The summed E-state index contributed by atoms with van der Waals surface area (Å²) in [6, 6.07) is 2.67. The third kappa shape index (κ3) is 3.80. The standard InChI is InChI=1S/C14H16F2N2OS/c1-3-4-17-7-10-5-11(15)13(12(16)6-10)20-14-18-9(2)8-19-14/h5-6,8,17H,3-4,7H2,1-2H3. The number of nitrogens with one attached hydrogen (secondary N) is 1. The fraction of sp³-hybridized carbons (Fsp3) is 0.357. The summed E-state index contributed by atoms with van der Waals surface area (Å²) in [6.07, 6.45) is 2.42. The van der Waals surface area contributed by atoms with Crippen molar-refractivity contribution in [3.8, 4) is 0 Å². The largest absolute Gasteiger partial charge is 0.439 e. The van der Waals surface area contributed by atoms with E-state index in [2.05, 4.69) is 10.3 Å². The molecular formula is C14H16F2N2OS. The van der Waals surface area contributed by atoms with Crippen LogP contribution in [0.4, 0.5) is 8.78 Å². The second-order valence-electron chi connectivity index (χ2n) is 4.42. The Morgan fingerprint density at radius 1 is 1.30 bits per heavy atom. The molecule has 2 rings (SSSR count). The van der Waals surface area contributed by atoms with Gasteiger partial charge in [-0.3, -0.25) is 0 Å². The van der Waals surface area contributed by atoms with Crippen LogP contribution >= 0.6 is 11.8 Å². The van der Waals surface area contributed by atoms with E-state index in [4.69, 9.17) is 4.42 Å². The second kappa shape index (κ2) is 6.85. The number of benzene rings is 1. The van der Waals surface area contributed by atoms with E-state index in [0.717, 1.165) is 24.7 Å². The number of oxazole rings is 1. The average molecular weight is 298 g/mol. The molecule has 2 aromatic rings. The minimum absolute atomic E-state index is 0.0916. The van der Waals surface area contributed by atoms with Gasteiger partial charge in [-0.05, 0) is 49.3 Å². The van der Waals surface area contributed by atoms with E-state index in [0.29, 0.717) is 17.8 Å². The molecule has 0 unspecified atom stereocenters. The van der Waals surface area contributed by atoms with E-state index < -0.39 is 11.6 Å². The first-order valence-corrected chi connectivity index (χ1v) is 7.20. The quantitative estimate of drug-likeness (QED) is 0.821. The molecule has 0 aliphatic carbocycles. The van der Waals surface area contributed by atoms with Crippen molar-refractivity contribution in [1.82, 2.24) is 10.3 Å². The summed E-state index contributed by atoms with van der Waals surface area (Å²) in [5.41, 5.74) is 1.26. The summed E-state index contributed by atoms with van der Waals surface area (Å²) in [6.45, 7) is 5.05. The predicted octanol–water partition coefficient (Wildman–Crippen LogP) is 3.91. The van der Waals surface area contributed by atoms with Gasteiger partial charge in [-0.1, -0.05) is 6.92 Å². The smallest absolute Gasteiger partial charge is 0.260 e. The van der Waals surface area contributed by atoms with Crippen LogP contribution in [0, 0.1) is 18.6 Å². The Hall–Kier alpha value is -1.40. The minimum Gasteiger partial charge on any atom is -0.439 e. The summed E-state index contributed by atoms with van der Waals surface area (Å²) in [7, 11) is 0. The lowest BCUT2D eigenvalue weighted by molar-refractivity contribution is 0.451. The molecule has 0 atom stereocenters. The van der Waals surface area contributed by atoms with Gasteiger partial charge in [-0.15, -0.1) is 0 Å². The fourth-order valence-electron chi connectivity index (χ4n) is 1.69. The van der Waals surface area contributed by atoms with Crippen LogP contribution in [0.3, 0.4) is 0 Å². The Balaban J connectivity index is 2.14. The van der Waals surface area contributed by atoms with E-state index >= 15 is 0 Å². The Labute approximate surface area is 120 Å². The second-order valence-corrected chi connectivity index (χ2v) is 5.38. The fourth-order valence-corrected chi connectivity index (χ4v) is 2.46. The van der Waals surface area contributed by atoms with Crippen LogP contribution in [0.2, 0.25) is 0 Å². The van der Waals surface area contributed by atoms with E-state index in [-0.39, 0.29) is 10.1 Å². The van der Waals surface area contributed by atoms with Crippen molar-refractivity contribution in [1.29, 1.82) is 0 Å². The SMILES string of the molecule is CCCNCc1cc(F)c(Sc2nc(C)co2)c(F)c1. The molecule has 0 radical (unpaired) electrons. The van der Waals surface area contributed by atoms with Crippen LogP contribution in [0.25, 0.3) is 0 Å². The Kier molecular flexibility index (Phi) is 5.14. The van der Waals surface area contributed by atoms with E-state index in [1.165, 1.54) is 18.4 Å². The van der Waals surface area contributed by atoms with Gasteiger partial charge in [0.05, 0.1) is 10.6 Å². The first-order valence-electron chi connectivity index (χ1n) is 6.38. The molecule has 6 heteroatoms. The zero-order chi connectivity index (χ0) is 14.5. The first-order chi connectivity index (χ1) is 9.60. The van der Waals surface area contributed by atoms with Crippen LogP contribution < -0.4 is 5.32 Å². The third-order valence-electron chi connectivity index (χ3n) is 2.60. The molecule has 3 nitrogen and oxygen atoms in total. The monoisotopic (exact) mass is 298 g/mol. The summed E-state index contributed by atoms with van der Waals surface area (Å²) >= 11 is 0.851. The zero-order valence-corrected chi connectivity index (χ0v) is 12.2. The first kappa shape index (κ1) is 15.0. The normalized spacial score (nSPS) is 11.0. The maximum Gasteiger partial charge on any atom is 0.260 e. The highest BCUT2D eigenvalue weighted by Crippen LogP contribution is 2.32. The van der Waals surface area contributed by atoms with Gasteiger partial charge >= 0.3 is 0 Å². The van der Waals surface area contributed by atoms with Crippen molar-refractivity contribution in [3.05, 3.63) is 41.3 Å². The van der Waals surface area contributed by atoms with E-state index in [9.17, 15) is 8.78 Å². The lowest BCUT2D eigenvalue weighted by atomic mass is 10.2. The van der Waals surface area contributed by atoms with Crippen molar-refractivity contribution in [2.45, 2.75) is 36.9 Å². The van der Waals surface area contributed by atoms with Crippen LogP contribution in [0.1, 0.15) is 24.6 Å². The van der Waals surface area contributed by atoms with Gasteiger partial charge in [0.2, 0.25) is 0 Å². The van der Waals surface area contributed by atoms with Crippen molar-refractivity contribution in [3.63, 3.8) is 0 Å². The molecule has 0 fully saturated rings. The number of hydrogen-bond acceptors (Lipinski definition) is 4. The number of nitrogens with zero attached hydrogens (tertiary/aromatic N) is 1. The Morgan fingerprint density at radius 3 is 2.55 bits per heavy atom. The lowest BCUT2D eigenvalue weighted by Gasteiger charge is -2.07. The number of aryl methyl sites for hydroxylation is 1. The molecule has 0 saturated carbocycles. The van der Waals surface area contributed by atoms with Gasteiger partial charge < -0.3 is 9.73 Å². The van der Waals surface area contributed by atoms with Crippen LogP contribution in [0.15, 0.2) is 32.9 Å². The van der Waals surface area contributed by atoms with Crippen LogP contribution in [0.5, 0.6) is 0 Å². The zero-order valence-electron chi connectivity index (χ0n) is 11.4. The van der Waals surface area contributed by atoms with Crippen molar-refractivity contribution >= 4 is 11.8 Å². The topological polar surface area (TPSA) is 38.1 Å². The molecule has 0 bridgehead atoms. The average Bonchev–Trinajstić information content (AvgIpc) is 2.80. The molecule has 0 aliphatic rings. The van der Waals surface area contributed by atoms with Crippen molar-refractivity contribution < 1.29 is 13.2 Å². The van der Waals surface area contributed by atoms with E-state index in [1.807, 2.05) is 6.92 Å². The van der Waals surface area contributed by atoms with Gasteiger partial charge in [0.25, 0.3) is 5.22 Å². The number of aromatic nitrogens is 1. The maximum absolute atomic E-state index is 14.0. The Morgan fingerprint density at radius 2 is 2.00 bits per heavy atom. The molecule has 20 heavy (non-hydrogen) atoms. The predicted molar refractivity (Wildman–Crippen MR) is 73.7 cm³/mol. The van der Waals surface area contributed by atoms with Gasteiger partial charge in [0, 0.05) is 6.54 Å². The molecule has 0 amide bonds. The van der Waals surface area contributed by atoms with Crippen LogP contribution in [-0.2, 0) is 6.54 Å². The van der Waals surface area contributed by atoms with Crippen LogP contribution in [-0.4, -0.2) is 11.5 Å². The maximum atomic E-state index is 14.0.